The fourth-order valence-electron chi connectivity index (χ4n) is 3.86. The van der Waals surface area contributed by atoms with E-state index in [2.05, 4.69) is 15.1 Å². The zero-order valence-corrected chi connectivity index (χ0v) is 19.7. The average Bonchev–Trinajstić information content (AvgIpc) is 2.82. The molecule has 7 heteroatoms. The van der Waals surface area contributed by atoms with Crippen molar-refractivity contribution in [3.8, 4) is 11.3 Å². The second kappa shape index (κ2) is 11.1. The molecule has 0 saturated carbocycles. The van der Waals surface area contributed by atoms with E-state index in [9.17, 15) is 9.59 Å². The number of benzene rings is 1. The van der Waals surface area contributed by atoms with Crippen LogP contribution in [0.2, 0.25) is 0 Å². The Bertz CT molecular complexity index is 877. The van der Waals surface area contributed by atoms with Crippen LogP contribution in [0.25, 0.3) is 11.3 Å². The quantitative estimate of drug-likeness (QED) is 0.633. The van der Waals surface area contributed by atoms with Crippen molar-refractivity contribution >= 4 is 17.6 Å². The lowest BCUT2D eigenvalue weighted by atomic mass is 10.1. The third-order valence-corrected chi connectivity index (χ3v) is 6.01. The highest BCUT2D eigenvalue weighted by molar-refractivity contribution is 5.85. The summed E-state index contributed by atoms with van der Waals surface area (Å²) < 4.78 is 0. The predicted molar refractivity (Wildman–Crippen MR) is 127 cm³/mol. The molecule has 1 aromatic carbocycles. The van der Waals surface area contributed by atoms with Crippen LogP contribution in [0.15, 0.2) is 42.5 Å². The summed E-state index contributed by atoms with van der Waals surface area (Å²) >= 11 is 0. The van der Waals surface area contributed by atoms with Gasteiger partial charge in [-0.05, 0) is 31.4 Å². The number of amides is 2. The molecule has 0 aliphatic carbocycles. The van der Waals surface area contributed by atoms with Crippen LogP contribution in [0.3, 0.4) is 0 Å². The summed E-state index contributed by atoms with van der Waals surface area (Å²) in [5.41, 5.74) is 1.89. The first-order valence-electron chi connectivity index (χ1n) is 11.6. The summed E-state index contributed by atoms with van der Waals surface area (Å²) in [5.74, 6) is 1.19. The molecule has 0 spiro atoms. The Hall–Kier alpha value is -2.96. The summed E-state index contributed by atoms with van der Waals surface area (Å²) in [6.07, 6.45) is 1.31. The van der Waals surface area contributed by atoms with Gasteiger partial charge in [-0.25, -0.2) is 0 Å². The fraction of sp³-hybridized carbons (Fsp3) is 0.520. The summed E-state index contributed by atoms with van der Waals surface area (Å²) in [6.45, 7) is 10.9. The first kappa shape index (κ1) is 23.7. The molecule has 32 heavy (non-hydrogen) atoms. The van der Waals surface area contributed by atoms with Gasteiger partial charge in [0.2, 0.25) is 11.8 Å². The Labute approximate surface area is 191 Å². The Kier molecular flexibility index (Phi) is 8.20. The van der Waals surface area contributed by atoms with E-state index in [0.717, 1.165) is 23.5 Å². The van der Waals surface area contributed by atoms with Gasteiger partial charge in [-0.1, -0.05) is 51.1 Å². The van der Waals surface area contributed by atoms with Crippen molar-refractivity contribution in [2.75, 3.05) is 37.6 Å². The third kappa shape index (κ3) is 6.05. The average molecular weight is 438 g/mol. The standard InChI is InChI=1S/C25H35N5O2/c1-5-20(4)30(24(31)17-19(2)3)18-25(32)29-15-13-28(14-16-29)23-12-11-22(26-27-23)21-9-7-6-8-10-21/h6-12,19-20H,5,13-18H2,1-4H3. The molecular weight excluding hydrogens is 402 g/mol. The van der Waals surface area contributed by atoms with Crippen molar-refractivity contribution in [1.29, 1.82) is 0 Å². The van der Waals surface area contributed by atoms with Gasteiger partial charge >= 0.3 is 0 Å². The molecule has 2 aromatic rings. The van der Waals surface area contributed by atoms with Gasteiger partial charge in [0, 0.05) is 44.2 Å². The second-order valence-electron chi connectivity index (χ2n) is 8.89. The van der Waals surface area contributed by atoms with Crippen molar-refractivity contribution in [3.05, 3.63) is 42.5 Å². The van der Waals surface area contributed by atoms with Gasteiger partial charge in [-0.15, -0.1) is 10.2 Å². The Balaban J connectivity index is 1.56. The number of hydrogen-bond donors (Lipinski definition) is 0. The maximum absolute atomic E-state index is 12.9. The number of hydrogen-bond acceptors (Lipinski definition) is 5. The van der Waals surface area contributed by atoms with E-state index in [1.807, 2.05) is 75.1 Å². The summed E-state index contributed by atoms with van der Waals surface area (Å²) in [5, 5.41) is 8.77. The zero-order valence-electron chi connectivity index (χ0n) is 19.7. The number of nitrogens with zero attached hydrogens (tertiary/aromatic N) is 5. The van der Waals surface area contributed by atoms with Gasteiger partial charge in [0.05, 0.1) is 12.2 Å². The lowest BCUT2D eigenvalue weighted by molar-refractivity contribution is -0.143. The van der Waals surface area contributed by atoms with Crippen LogP contribution in [-0.2, 0) is 9.59 Å². The Morgan fingerprint density at radius 3 is 2.22 bits per heavy atom. The van der Waals surface area contributed by atoms with Gasteiger partial charge in [0.15, 0.2) is 5.82 Å². The molecular formula is C25H35N5O2. The van der Waals surface area contributed by atoms with Crippen LogP contribution < -0.4 is 4.90 Å². The van der Waals surface area contributed by atoms with Crippen LogP contribution in [0.4, 0.5) is 5.82 Å². The van der Waals surface area contributed by atoms with E-state index < -0.39 is 0 Å². The molecule has 0 bridgehead atoms. The number of anilines is 1. The van der Waals surface area contributed by atoms with E-state index >= 15 is 0 Å². The first-order valence-corrected chi connectivity index (χ1v) is 11.6. The number of carbonyl (C=O) groups is 2. The van der Waals surface area contributed by atoms with Crippen molar-refractivity contribution in [2.45, 2.75) is 46.6 Å². The molecule has 3 rings (SSSR count). The smallest absolute Gasteiger partial charge is 0.242 e. The molecule has 7 nitrogen and oxygen atoms in total. The van der Waals surface area contributed by atoms with E-state index in [1.54, 1.807) is 4.90 Å². The van der Waals surface area contributed by atoms with Crippen LogP contribution in [0.5, 0.6) is 0 Å². The second-order valence-corrected chi connectivity index (χ2v) is 8.89. The number of carbonyl (C=O) groups excluding carboxylic acids is 2. The molecule has 1 aliphatic heterocycles. The lowest BCUT2D eigenvalue weighted by Gasteiger charge is -2.37. The maximum atomic E-state index is 12.9. The SMILES string of the molecule is CCC(C)N(CC(=O)N1CCN(c2ccc(-c3ccccc3)nn2)CC1)C(=O)CC(C)C. The topological polar surface area (TPSA) is 69.6 Å². The molecule has 0 N–H and O–H groups in total. The van der Waals surface area contributed by atoms with Crippen LogP contribution in [0.1, 0.15) is 40.5 Å². The van der Waals surface area contributed by atoms with E-state index in [1.165, 1.54) is 0 Å². The Morgan fingerprint density at radius 2 is 1.66 bits per heavy atom. The molecule has 172 valence electrons. The molecule has 1 saturated heterocycles. The van der Waals surface area contributed by atoms with Crippen LogP contribution in [-0.4, -0.2) is 70.6 Å². The lowest BCUT2D eigenvalue weighted by Crippen LogP contribution is -2.53. The highest BCUT2D eigenvalue weighted by Gasteiger charge is 2.27. The van der Waals surface area contributed by atoms with E-state index in [-0.39, 0.29) is 30.3 Å². The monoisotopic (exact) mass is 437 g/mol. The van der Waals surface area contributed by atoms with Gasteiger partial charge in [0.25, 0.3) is 0 Å². The minimum Gasteiger partial charge on any atom is -0.352 e. The third-order valence-electron chi connectivity index (χ3n) is 6.01. The van der Waals surface area contributed by atoms with E-state index in [0.29, 0.717) is 32.6 Å². The van der Waals surface area contributed by atoms with Gasteiger partial charge in [0.1, 0.15) is 0 Å². The van der Waals surface area contributed by atoms with Crippen molar-refractivity contribution in [2.24, 2.45) is 5.92 Å². The normalized spacial score (nSPS) is 15.0. The van der Waals surface area contributed by atoms with Gasteiger partial charge < -0.3 is 14.7 Å². The van der Waals surface area contributed by atoms with Crippen LogP contribution in [0, 0.1) is 5.92 Å². The van der Waals surface area contributed by atoms with Crippen molar-refractivity contribution < 1.29 is 9.59 Å². The molecule has 1 aliphatic rings. The largest absolute Gasteiger partial charge is 0.352 e. The molecule has 0 radical (unpaired) electrons. The summed E-state index contributed by atoms with van der Waals surface area (Å²) in [7, 11) is 0. The predicted octanol–water partition coefficient (Wildman–Crippen LogP) is 3.47. The number of rotatable bonds is 8. The minimum atomic E-state index is 0.0209. The van der Waals surface area contributed by atoms with Crippen molar-refractivity contribution in [1.82, 2.24) is 20.0 Å². The van der Waals surface area contributed by atoms with Crippen molar-refractivity contribution in [3.63, 3.8) is 0 Å². The fourth-order valence-corrected chi connectivity index (χ4v) is 3.86. The van der Waals surface area contributed by atoms with Gasteiger partial charge in [-0.2, -0.15) is 0 Å². The zero-order chi connectivity index (χ0) is 23.1. The van der Waals surface area contributed by atoms with E-state index in [4.69, 9.17) is 0 Å². The first-order chi connectivity index (χ1) is 15.4. The van der Waals surface area contributed by atoms with Crippen LogP contribution >= 0.6 is 0 Å². The molecule has 2 heterocycles. The number of aromatic nitrogens is 2. The maximum Gasteiger partial charge on any atom is 0.242 e. The Morgan fingerprint density at radius 1 is 0.969 bits per heavy atom. The number of piperazine rings is 1. The van der Waals surface area contributed by atoms with Gasteiger partial charge in [-0.3, -0.25) is 9.59 Å². The molecule has 1 aromatic heterocycles. The molecule has 1 unspecified atom stereocenters. The summed E-state index contributed by atoms with van der Waals surface area (Å²) in [6, 6.07) is 14.0. The molecule has 1 atom stereocenters. The molecule has 2 amide bonds. The minimum absolute atomic E-state index is 0.0209. The highest BCUT2D eigenvalue weighted by atomic mass is 16.2. The molecule has 1 fully saturated rings. The highest BCUT2D eigenvalue weighted by Crippen LogP contribution is 2.19. The summed E-state index contributed by atoms with van der Waals surface area (Å²) in [4.78, 5) is 31.4.